The minimum absolute atomic E-state index is 0.612. The molecule has 0 aliphatic rings. The van der Waals surface area contributed by atoms with Crippen molar-refractivity contribution in [3.8, 4) is 0 Å². The second kappa shape index (κ2) is 4.81. The van der Waals surface area contributed by atoms with Crippen LogP contribution in [0, 0.1) is 6.92 Å². The van der Waals surface area contributed by atoms with Crippen LogP contribution in [0.3, 0.4) is 0 Å². The summed E-state index contributed by atoms with van der Waals surface area (Å²) < 4.78 is 5.98. The molecule has 0 fully saturated rings. The van der Waals surface area contributed by atoms with Crippen molar-refractivity contribution in [3.63, 3.8) is 0 Å². The Morgan fingerprint density at radius 3 is 2.67 bits per heavy atom. The van der Waals surface area contributed by atoms with Gasteiger partial charge in [0.1, 0.15) is 0 Å². The molecule has 2 aromatic rings. The molecule has 5 heteroatoms. The monoisotopic (exact) mass is 284 g/mol. The van der Waals surface area contributed by atoms with Gasteiger partial charge in [0, 0.05) is 16.3 Å². The van der Waals surface area contributed by atoms with Gasteiger partial charge in [-0.3, -0.25) is 0 Å². The molecule has 0 amide bonds. The fourth-order valence-corrected chi connectivity index (χ4v) is 2.08. The standard InChI is InChI=1S/C10H9BrN2OS/c1-7-12-10(13-14-7)6-15-9-4-2-8(11)3-5-9/h2-5H,6H2,1H3. The first-order chi connectivity index (χ1) is 7.24. The summed E-state index contributed by atoms with van der Waals surface area (Å²) in [5.74, 6) is 2.08. The van der Waals surface area contributed by atoms with Gasteiger partial charge in [0.2, 0.25) is 5.89 Å². The number of benzene rings is 1. The molecule has 0 radical (unpaired) electrons. The molecule has 0 unspecified atom stereocenters. The Labute approximate surface area is 100 Å². The molecule has 15 heavy (non-hydrogen) atoms. The van der Waals surface area contributed by atoms with E-state index in [1.54, 1.807) is 18.7 Å². The van der Waals surface area contributed by atoms with Gasteiger partial charge in [-0.25, -0.2) is 0 Å². The predicted molar refractivity (Wildman–Crippen MR) is 62.7 cm³/mol. The SMILES string of the molecule is Cc1nc(CSc2ccc(Br)cc2)no1. The van der Waals surface area contributed by atoms with Crippen LogP contribution in [0.25, 0.3) is 0 Å². The van der Waals surface area contributed by atoms with E-state index in [1.165, 1.54) is 4.90 Å². The van der Waals surface area contributed by atoms with Crippen molar-refractivity contribution in [1.82, 2.24) is 10.1 Å². The normalized spacial score (nSPS) is 10.5. The lowest BCUT2D eigenvalue weighted by molar-refractivity contribution is 0.389. The molecule has 78 valence electrons. The summed E-state index contributed by atoms with van der Waals surface area (Å²) in [5, 5.41) is 3.83. The fourth-order valence-electron chi connectivity index (χ4n) is 1.08. The fraction of sp³-hybridized carbons (Fsp3) is 0.200. The molecular formula is C10H9BrN2OS. The van der Waals surface area contributed by atoms with Crippen molar-refractivity contribution in [3.05, 3.63) is 40.5 Å². The summed E-state index contributed by atoms with van der Waals surface area (Å²) >= 11 is 5.09. The first kappa shape index (κ1) is 10.7. The third kappa shape index (κ3) is 3.07. The van der Waals surface area contributed by atoms with Gasteiger partial charge in [-0.15, -0.1) is 11.8 Å². The second-order valence-corrected chi connectivity index (χ2v) is 4.94. The molecule has 2 rings (SSSR count). The number of halogens is 1. The minimum Gasteiger partial charge on any atom is -0.340 e. The van der Waals surface area contributed by atoms with Crippen LogP contribution < -0.4 is 0 Å². The molecule has 0 N–H and O–H groups in total. The first-order valence-electron chi connectivity index (χ1n) is 4.41. The van der Waals surface area contributed by atoms with E-state index in [0.29, 0.717) is 5.89 Å². The summed E-state index contributed by atoms with van der Waals surface area (Å²) in [6.07, 6.45) is 0. The minimum atomic E-state index is 0.612. The highest BCUT2D eigenvalue weighted by Crippen LogP contribution is 2.23. The number of rotatable bonds is 3. The van der Waals surface area contributed by atoms with Gasteiger partial charge >= 0.3 is 0 Å². The van der Waals surface area contributed by atoms with Gasteiger partial charge in [0.15, 0.2) is 5.82 Å². The molecule has 0 atom stereocenters. The van der Waals surface area contributed by atoms with Crippen LogP contribution in [0.4, 0.5) is 0 Å². The van der Waals surface area contributed by atoms with E-state index in [4.69, 9.17) is 4.52 Å². The lowest BCUT2D eigenvalue weighted by atomic mass is 10.4. The number of nitrogens with zero attached hydrogens (tertiary/aromatic N) is 2. The van der Waals surface area contributed by atoms with Gasteiger partial charge in [-0.05, 0) is 24.3 Å². The van der Waals surface area contributed by atoms with Crippen LogP contribution >= 0.6 is 27.7 Å². The molecule has 0 bridgehead atoms. The molecule has 0 aliphatic carbocycles. The maximum absolute atomic E-state index is 4.89. The highest BCUT2D eigenvalue weighted by Gasteiger charge is 2.02. The molecule has 0 aliphatic heterocycles. The molecule has 1 aromatic heterocycles. The van der Waals surface area contributed by atoms with Crippen molar-refractivity contribution >= 4 is 27.7 Å². The van der Waals surface area contributed by atoms with Crippen molar-refractivity contribution in [1.29, 1.82) is 0 Å². The van der Waals surface area contributed by atoms with Crippen molar-refractivity contribution in [2.45, 2.75) is 17.6 Å². The van der Waals surface area contributed by atoms with Gasteiger partial charge in [-0.1, -0.05) is 21.1 Å². The maximum atomic E-state index is 4.89. The summed E-state index contributed by atoms with van der Waals surface area (Å²) in [6.45, 7) is 1.79. The Balaban J connectivity index is 1.96. The van der Waals surface area contributed by atoms with Crippen LogP contribution in [0.5, 0.6) is 0 Å². The number of hydrogen-bond donors (Lipinski definition) is 0. The molecular weight excluding hydrogens is 276 g/mol. The number of thioether (sulfide) groups is 1. The summed E-state index contributed by atoms with van der Waals surface area (Å²) in [5.41, 5.74) is 0. The topological polar surface area (TPSA) is 38.9 Å². The smallest absolute Gasteiger partial charge is 0.223 e. The van der Waals surface area contributed by atoms with Crippen molar-refractivity contribution < 1.29 is 4.52 Å². The molecule has 1 aromatic carbocycles. The third-order valence-electron chi connectivity index (χ3n) is 1.75. The zero-order chi connectivity index (χ0) is 10.7. The molecule has 0 spiro atoms. The molecule has 1 heterocycles. The van der Waals surface area contributed by atoms with Crippen LogP contribution in [0.15, 0.2) is 38.2 Å². The molecule has 3 nitrogen and oxygen atoms in total. The van der Waals surface area contributed by atoms with Crippen molar-refractivity contribution in [2.24, 2.45) is 0 Å². The van der Waals surface area contributed by atoms with Gasteiger partial charge < -0.3 is 4.52 Å². The highest BCUT2D eigenvalue weighted by molar-refractivity contribution is 9.10. The van der Waals surface area contributed by atoms with E-state index in [0.717, 1.165) is 16.0 Å². The summed E-state index contributed by atoms with van der Waals surface area (Å²) in [6, 6.07) is 8.15. The molecule has 0 saturated carbocycles. The van der Waals surface area contributed by atoms with Gasteiger partial charge in [0.25, 0.3) is 0 Å². The lowest BCUT2D eigenvalue weighted by Crippen LogP contribution is -1.83. The largest absolute Gasteiger partial charge is 0.340 e. The zero-order valence-electron chi connectivity index (χ0n) is 8.11. The summed E-state index contributed by atoms with van der Waals surface area (Å²) in [7, 11) is 0. The first-order valence-corrected chi connectivity index (χ1v) is 6.19. The van der Waals surface area contributed by atoms with Gasteiger partial charge in [0.05, 0.1) is 5.75 Å². The Kier molecular flexibility index (Phi) is 3.43. The van der Waals surface area contributed by atoms with E-state index in [9.17, 15) is 0 Å². The second-order valence-electron chi connectivity index (χ2n) is 2.97. The Hall–Kier alpha value is -0.810. The highest BCUT2D eigenvalue weighted by atomic mass is 79.9. The van der Waals surface area contributed by atoms with Gasteiger partial charge in [-0.2, -0.15) is 4.98 Å². The number of aryl methyl sites for hydroxylation is 1. The Morgan fingerprint density at radius 2 is 2.07 bits per heavy atom. The van der Waals surface area contributed by atoms with Crippen LogP contribution in [0.2, 0.25) is 0 Å². The van der Waals surface area contributed by atoms with E-state index < -0.39 is 0 Å². The number of aromatic nitrogens is 2. The Morgan fingerprint density at radius 1 is 1.33 bits per heavy atom. The number of hydrogen-bond acceptors (Lipinski definition) is 4. The van der Waals surface area contributed by atoms with E-state index in [2.05, 4.69) is 38.2 Å². The maximum Gasteiger partial charge on any atom is 0.223 e. The quantitative estimate of drug-likeness (QED) is 0.810. The van der Waals surface area contributed by atoms with E-state index in [-0.39, 0.29) is 0 Å². The average molecular weight is 285 g/mol. The third-order valence-corrected chi connectivity index (χ3v) is 3.29. The lowest BCUT2D eigenvalue weighted by Gasteiger charge is -1.97. The summed E-state index contributed by atoms with van der Waals surface area (Å²) in [4.78, 5) is 5.33. The zero-order valence-corrected chi connectivity index (χ0v) is 10.5. The van der Waals surface area contributed by atoms with Crippen LogP contribution in [-0.2, 0) is 5.75 Å². The van der Waals surface area contributed by atoms with Crippen molar-refractivity contribution in [2.75, 3.05) is 0 Å². The van der Waals surface area contributed by atoms with Crippen LogP contribution in [-0.4, -0.2) is 10.1 Å². The van der Waals surface area contributed by atoms with E-state index >= 15 is 0 Å². The van der Waals surface area contributed by atoms with E-state index in [1.807, 2.05) is 12.1 Å². The Bertz CT molecular complexity index is 441. The average Bonchev–Trinajstić information content (AvgIpc) is 2.64. The van der Waals surface area contributed by atoms with Crippen LogP contribution in [0.1, 0.15) is 11.7 Å². The molecule has 0 saturated heterocycles. The predicted octanol–water partition coefficient (Wildman–Crippen LogP) is 3.43.